The van der Waals surface area contributed by atoms with Crippen LogP contribution < -0.4 is 11.1 Å². The molecule has 0 unspecified atom stereocenters. The largest absolute Gasteiger partial charge is 0.370 e. The Morgan fingerprint density at radius 1 is 1.09 bits per heavy atom. The maximum atomic E-state index is 13.1. The fraction of sp³-hybridized carbons (Fsp3) is 0.278. The van der Waals surface area contributed by atoms with Crippen LogP contribution in [0.2, 0.25) is 0 Å². The number of nitrogens with two attached hydrogens (primary N) is 1. The smallest absolute Gasteiger partial charge is 0.193 e. The molecule has 0 aromatic heterocycles. The minimum absolute atomic E-state index is 0.0106. The molecule has 1 fully saturated rings. The van der Waals surface area contributed by atoms with Crippen molar-refractivity contribution in [3.8, 4) is 0 Å². The number of rotatable bonds is 4. The number of benzene rings is 2. The molecule has 22 heavy (non-hydrogen) atoms. The molecule has 2 aromatic carbocycles. The summed E-state index contributed by atoms with van der Waals surface area (Å²) in [6.07, 6.45) is 3.32. The highest BCUT2D eigenvalue weighted by Crippen LogP contribution is 2.44. The van der Waals surface area contributed by atoms with E-state index in [9.17, 15) is 4.39 Å². The highest BCUT2D eigenvalue weighted by atomic mass is 19.1. The van der Waals surface area contributed by atoms with E-state index in [0.29, 0.717) is 12.5 Å². The van der Waals surface area contributed by atoms with Crippen molar-refractivity contribution in [2.45, 2.75) is 24.7 Å². The lowest BCUT2D eigenvalue weighted by Gasteiger charge is -2.41. The molecule has 0 atom stereocenters. The number of guanidine groups is 1. The minimum atomic E-state index is -0.202. The number of hydrogen-bond donors (Lipinski definition) is 2. The second kappa shape index (κ2) is 6.18. The van der Waals surface area contributed by atoms with Crippen LogP contribution in [0.3, 0.4) is 0 Å². The second-order valence-electron chi connectivity index (χ2n) is 5.83. The van der Waals surface area contributed by atoms with E-state index in [4.69, 9.17) is 5.73 Å². The van der Waals surface area contributed by atoms with Gasteiger partial charge in [0.05, 0.1) is 6.54 Å². The predicted molar refractivity (Wildman–Crippen MR) is 88.5 cm³/mol. The first-order valence-electron chi connectivity index (χ1n) is 7.56. The Morgan fingerprint density at radius 2 is 1.77 bits per heavy atom. The van der Waals surface area contributed by atoms with Gasteiger partial charge in [-0.1, -0.05) is 36.8 Å². The highest BCUT2D eigenvalue weighted by Gasteiger charge is 2.38. The molecule has 1 saturated carbocycles. The van der Waals surface area contributed by atoms with Crippen LogP contribution in [0.25, 0.3) is 0 Å². The Kier molecular flexibility index (Phi) is 4.09. The van der Waals surface area contributed by atoms with Crippen LogP contribution in [0, 0.1) is 5.82 Å². The summed E-state index contributed by atoms with van der Waals surface area (Å²) in [7, 11) is 0. The highest BCUT2D eigenvalue weighted by molar-refractivity contribution is 5.92. The molecule has 3 rings (SSSR count). The predicted octanol–water partition coefficient (Wildman–Crippen LogP) is 3.67. The van der Waals surface area contributed by atoms with Crippen LogP contribution in [-0.2, 0) is 5.41 Å². The van der Waals surface area contributed by atoms with E-state index in [0.717, 1.165) is 24.1 Å². The standard InChI is InChI=1S/C18H20FN3/c19-15-9-7-14(8-10-15)18(11-4-12-18)13-21-17(20)22-16-5-2-1-3-6-16/h1-3,5-10H,4,11-13H2,(H3,20,21,22). The third-order valence-corrected chi connectivity index (χ3v) is 4.37. The van der Waals surface area contributed by atoms with E-state index < -0.39 is 0 Å². The van der Waals surface area contributed by atoms with Crippen molar-refractivity contribution >= 4 is 11.6 Å². The Balaban J connectivity index is 1.70. The molecule has 2 aromatic rings. The van der Waals surface area contributed by atoms with Gasteiger partial charge in [-0.15, -0.1) is 0 Å². The number of para-hydroxylation sites is 1. The fourth-order valence-corrected chi connectivity index (χ4v) is 2.89. The lowest BCUT2D eigenvalue weighted by molar-refractivity contribution is 0.253. The summed E-state index contributed by atoms with van der Waals surface area (Å²) in [6.45, 7) is 0.629. The first kappa shape index (κ1) is 14.6. The maximum absolute atomic E-state index is 13.1. The molecule has 1 aliphatic carbocycles. The molecule has 1 aliphatic rings. The van der Waals surface area contributed by atoms with Crippen molar-refractivity contribution in [3.63, 3.8) is 0 Å². The molecular formula is C18H20FN3. The van der Waals surface area contributed by atoms with Gasteiger partial charge in [0.15, 0.2) is 5.96 Å². The van der Waals surface area contributed by atoms with Gasteiger partial charge in [-0.25, -0.2) is 4.39 Å². The summed E-state index contributed by atoms with van der Waals surface area (Å²) < 4.78 is 13.1. The number of nitrogens with one attached hydrogen (secondary N) is 1. The molecule has 3 nitrogen and oxygen atoms in total. The Hall–Kier alpha value is -2.36. The third-order valence-electron chi connectivity index (χ3n) is 4.37. The van der Waals surface area contributed by atoms with E-state index in [-0.39, 0.29) is 11.2 Å². The van der Waals surface area contributed by atoms with Gasteiger partial charge < -0.3 is 11.1 Å². The SMILES string of the molecule is NC(=NCC1(c2ccc(F)cc2)CCC1)Nc1ccccc1. The van der Waals surface area contributed by atoms with Crippen LogP contribution in [0.4, 0.5) is 10.1 Å². The van der Waals surface area contributed by atoms with E-state index in [2.05, 4.69) is 10.3 Å². The molecular weight excluding hydrogens is 277 g/mol. The first-order valence-corrected chi connectivity index (χ1v) is 7.56. The Bertz CT molecular complexity index is 646. The quantitative estimate of drug-likeness (QED) is 0.668. The zero-order valence-corrected chi connectivity index (χ0v) is 12.4. The molecule has 3 N–H and O–H groups in total. The maximum Gasteiger partial charge on any atom is 0.193 e. The van der Waals surface area contributed by atoms with Crippen molar-refractivity contribution in [2.75, 3.05) is 11.9 Å². The topological polar surface area (TPSA) is 50.4 Å². The number of aliphatic imine (C=N–C) groups is 1. The molecule has 0 radical (unpaired) electrons. The molecule has 0 amide bonds. The molecule has 0 heterocycles. The second-order valence-corrected chi connectivity index (χ2v) is 5.83. The summed E-state index contributed by atoms with van der Waals surface area (Å²) >= 11 is 0. The van der Waals surface area contributed by atoms with Crippen molar-refractivity contribution in [1.29, 1.82) is 0 Å². The fourth-order valence-electron chi connectivity index (χ4n) is 2.89. The van der Waals surface area contributed by atoms with Gasteiger partial charge >= 0.3 is 0 Å². The lowest BCUT2D eigenvalue weighted by Crippen LogP contribution is -2.38. The van der Waals surface area contributed by atoms with Crippen molar-refractivity contribution in [1.82, 2.24) is 0 Å². The molecule has 0 saturated heterocycles. The van der Waals surface area contributed by atoms with E-state index >= 15 is 0 Å². The summed E-state index contributed by atoms with van der Waals surface area (Å²) in [5.41, 5.74) is 8.06. The minimum Gasteiger partial charge on any atom is -0.370 e. The first-order chi connectivity index (χ1) is 10.7. The number of anilines is 1. The molecule has 0 aliphatic heterocycles. The monoisotopic (exact) mass is 297 g/mol. The van der Waals surface area contributed by atoms with Gasteiger partial charge in [-0.3, -0.25) is 4.99 Å². The summed E-state index contributed by atoms with van der Waals surface area (Å²) in [5, 5.41) is 3.09. The number of halogens is 1. The summed E-state index contributed by atoms with van der Waals surface area (Å²) in [4.78, 5) is 4.50. The molecule has 114 valence electrons. The van der Waals surface area contributed by atoms with Gasteiger partial charge in [-0.05, 0) is 42.7 Å². The average Bonchev–Trinajstić information content (AvgIpc) is 2.49. The zero-order valence-electron chi connectivity index (χ0n) is 12.4. The van der Waals surface area contributed by atoms with Gasteiger partial charge in [0.25, 0.3) is 0 Å². The van der Waals surface area contributed by atoms with Crippen LogP contribution in [0.5, 0.6) is 0 Å². The van der Waals surface area contributed by atoms with E-state index in [1.54, 1.807) is 0 Å². The third kappa shape index (κ3) is 3.11. The van der Waals surface area contributed by atoms with E-state index in [1.807, 2.05) is 42.5 Å². The summed E-state index contributed by atoms with van der Waals surface area (Å²) in [5.74, 6) is 0.214. The number of nitrogens with zero attached hydrogens (tertiary/aromatic N) is 1. The van der Waals surface area contributed by atoms with Crippen LogP contribution in [0.15, 0.2) is 59.6 Å². The van der Waals surface area contributed by atoms with Crippen molar-refractivity contribution in [2.24, 2.45) is 10.7 Å². The Morgan fingerprint density at radius 3 is 2.36 bits per heavy atom. The van der Waals surface area contributed by atoms with Gasteiger partial charge in [0, 0.05) is 11.1 Å². The molecule has 0 bridgehead atoms. The Labute approximate surface area is 130 Å². The lowest BCUT2D eigenvalue weighted by atomic mass is 9.64. The van der Waals surface area contributed by atoms with Crippen molar-refractivity contribution in [3.05, 3.63) is 66.0 Å². The van der Waals surface area contributed by atoms with Crippen LogP contribution in [-0.4, -0.2) is 12.5 Å². The zero-order chi connectivity index (χ0) is 15.4. The summed E-state index contributed by atoms with van der Waals surface area (Å²) in [6, 6.07) is 16.5. The normalized spacial score (nSPS) is 16.9. The van der Waals surface area contributed by atoms with Gasteiger partial charge in [0.2, 0.25) is 0 Å². The molecule has 0 spiro atoms. The van der Waals surface area contributed by atoms with Crippen molar-refractivity contribution < 1.29 is 4.39 Å². The van der Waals surface area contributed by atoms with E-state index in [1.165, 1.54) is 18.6 Å². The van der Waals surface area contributed by atoms with Crippen LogP contribution >= 0.6 is 0 Å². The van der Waals surface area contributed by atoms with Crippen LogP contribution in [0.1, 0.15) is 24.8 Å². The van der Waals surface area contributed by atoms with Gasteiger partial charge in [-0.2, -0.15) is 0 Å². The molecule has 4 heteroatoms. The van der Waals surface area contributed by atoms with Gasteiger partial charge in [0.1, 0.15) is 5.82 Å². The number of hydrogen-bond acceptors (Lipinski definition) is 1. The average molecular weight is 297 g/mol.